The summed E-state index contributed by atoms with van der Waals surface area (Å²) in [5.74, 6) is 2.30. The van der Waals surface area contributed by atoms with Crippen molar-refractivity contribution in [2.45, 2.75) is 32.8 Å². The first-order valence-corrected chi connectivity index (χ1v) is 8.28. The van der Waals surface area contributed by atoms with Gasteiger partial charge in [0.15, 0.2) is 6.10 Å². The van der Waals surface area contributed by atoms with E-state index in [0.29, 0.717) is 10.6 Å². The van der Waals surface area contributed by atoms with Crippen molar-refractivity contribution in [3.8, 4) is 5.75 Å². The van der Waals surface area contributed by atoms with Crippen LogP contribution in [0.4, 0.5) is 0 Å². The van der Waals surface area contributed by atoms with Crippen molar-refractivity contribution < 1.29 is 4.74 Å². The number of benzene rings is 1. The fourth-order valence-electron chi connectivity index (χ4n) is 2.56. The second-order valence-corrected chi connectivity index (χ2v) is 6.92. The first kappa shape index (κ1) is 14.7. The Balaban J connectivity index is 1.94. The average Bonchev–Trinajstić information content (AvgIpc) is 2.87. The molecule has 1 aromatic carbocycles. The highest BCUT2D eigenvalue weighted by Gasteiger charge is 2.26. The summed E-state index contributed by atoms with van der Waals surface area (Å²) in [4.78, 5) is 7.91. The maximum absolute atomic E-state index is 5.99. The zero-order valence-corrected chi connectivity index (χ0v) is 14.4. The fourth-order valence-corrected chi connectivity index (χ4v) is 3.13. The molecule has 3 rings (SSSR count). The van der Waals surface area contributed by atoms with Gasteiger partial charge in [-0.1, -0.05) is 44.3 Å². The number of fused-ring (bicyclic) bond motifs is 1. The third-order valence-corrected chi connectivity index (χ3v) is 4.93. The number of halogens is 1. The van der Waals surface area contributed by atoms with Crippen molar-refractivity contribution in [2.24, 2.45) is 5.92 Å². The SMILES string of the molecule is CC(C)Cc1[nH]c(C2Cc3ccccc3O2)nc(=S)c1Br. The van der Waals surface area contributed by atoms with E-state index in [1.165, 1.54) is 5.56 Å². The molecule has 0 spiro atoms. The van der Waals surface area contributed by atoms with Crippen LogP contribution in [0.2, 0.25) is 0 Å². The molecule has 0 saturated carbocycles. The third-order valence-electron chi connectivity index (χ3n) is 3.52. The number of nitrogens with zero attached hydrogens (tertiary/aromatic N) is 1. The van der Waals surface area contributed by atoms with Crippen LogP contribution in [-0.2, 0) is 12.8 Å². The molecule has 0 fully saturated rings. The molecule has 0 aliphatic carbocycles. The maximum atomic E-state index is 5.99. The van der Waals surface area contributed by atoms with Gasteiger partial charge >= 0.3 is 0 Å². The van der Waals surface area contributed by atoms with Crippen molar-refractivity contribution in [1.82, 2.24) is 9.97 Å². The molecule has 0 amide bonds. The Hall–Kier alpha value is -1.20. The number of aromatic nitrogens is 2. The van der Waals surface area contributed by atoms with Gasteiger partial charge in [-0.05, 0) is 39.9 Å². The minimum Gasteiger partial charge on any atom is -0.482 e. The van der Waals surface area contributed by atoms with E-state index in [9.17, 15) is 0 Å². The zero-order chi connectivity index (χ0) is 15.0. The van der Waals surface area contributed by atoms with Crippen molar-refractivity contribution in [3.63, 3.8) is 0 Å². The topological polar surface area (TPSA) is 37.9 Å². The van der Waals surface area contributed by atoms with Gasteiger partial charge in [-0.15, -0.1) is 0 Å². The summed E-state index contributed by atoms with van der Waals surface area (Å²) >= 11 is 8.91. The van der Waals surface area contributed by atoms with Crippen LogP contribution in [0.15, 0.2) is 28.7 Å². The molecular weight excluding hydrogens is 348 g/mol. The summed E-state index contributed by atoms with van der Waals surface area (Å²) in [6.45, 7) is 4.37. The van der Waals surface area contributed by atoms with Gasteiger partial charge in [-0.25, -0.2) is 4.98 Å². The molecule has 5 heteroatoms. The van der Waals surface area contributed by atoms with Gasteiger partial charge in [0.1, 0.15) is 16.2 Å². The van der Waals surface area contributed by atoms with Crippen LogP contribution in [0.3, 0.4) is 0 Å². The molecule has 0 bridgehead atoms. The van der Waals surface area contributed by atoms with Crippen LogP contribution in [0.25, 0.3) is 0 Å². The molecule has 1 aliphatic heterocycles. The molecule has 1 aromatic heterocycles. The van der Waals surface area contributed by atoms with Crippen LogP contribution in [0.5, 0.6) is 5.75 Å². The molecule has 2 aromatic rings. The second kappa shape index (κ2) is 5.89. The van der Waals surface area contributed by atoms with Crippen LogP contribution in [0, 0.1) is 10.6 Å². The molecule has 110 valence electrons. The highest BCUT2D eigenvalue weighted by Crippen LogP contribution is 2.35. The number of aromatic amines is 1. The van der Waals surface area contributed by atoms with E-state index < -0.39 is 0 Å². The zero-order valence-electron chi connectivity index (χ0n) is 12.0. The number of hydrogen-bond donors (Lipinski definition) is 1. The van der Waals surface area contributed by atoms with Crippen LogP contribution in [-0.4, -0.2) is 9.97 Å². The number of para-hydroxylation sites is 1. The summed E-state index contributed by atoms with van der Waals surface area (Å²) in [7, 11) is 0. The number of nitrogens with one attached hydrogen (secondary N) is 1. The molecule has 0 saturated heterocycles. The Kier molecular flexibility index (Phi) is 4.13. The Bertz CT molecular complexity index is 701. The van der Waals surface area contributed by atoms with Gasteiger partial charge in [0.2, 0.25) is 0 Å². The predicted octanol–water partition coefficient (Wildman–Crippen LogP) is 4.78. The largest absolute Gasteiger partial charge is 0.482 e. The smallest absolute Gasteiger partial charge is 0.160 e. The van der Waals surface area contributed by atoms with Gasteiger partial charge in [0.25, 0.3) is 0 Å². The van der Waals surface area contributed by atoms with E-state index in [1.807, 2.05) is 18.2 Å². The summed E-state index contributed by atoms with van der Waals surface area (Å²) in [6.07, 6.45) is 1.68. The summed E-state index contributed by atoms with van der Waals surface area (Å²) in [5.41, 5.74) is 2.32. The van der Waals surface area contributed by atoms with Gasteiger partial charge < -0.3 is 9.72 Å². The quantitative estimate of drug-likeness (QED) is 0.796. The molecule has 1 atom stereocenters. The monoisotopic (exact) mass is 364 g/mol. The highest BCUT2D eigenvalue weighted by atomic mass is 79.9. The summed E-state index contributed by atoms with van der Waals surface area (Å²) in [6, 6.07) is 8.12. The Morgan fingerprint density at radius 3 is 2.90 bits per heavy atom. The van der Waals surface area contributed by atoms with Gasteiger partial charge in [-0.2, -0.15) is 0 Å². The lowest BCUT2D eigenvalue weighted by Gasteiger charge is -2.14. The lowest BCUT2D eigenvalue weighted by molar-refractivity contribution is 0.226. The van der Waals surface area contributed by atoms with Crippen LogP contribution >= 0.6 is 28.1 Å². The molecule has 0 radical (unpaired) electrons. The first-order chi connectivity index (χ1) is 10.0. The number of rotatable bonds is 3. The second-order valence-electron chi connectivity index (χ2n) is 5.74. The maximum Gasteiger partial charge on any atom is 0.160 e. The lowest BCUT2D eigenvalue weighted by atomic mass is 10.1. The molecule has 3 nitrogen and oxygen atoms in total. The molecule has 1 aliphatic rings. The third kappa shape index (κ3) is 3.04. The van der Waals surface area contributed by atoms with Gasteiger partial charge in [-0.3, -0.25) is 0 Å². The molecular formula is C16H17BrN2OS. The standard InChI is InChI=1S/C16H17BrN2OS/c1-9(2)7-11-14(17)16(21)19-15(18-11)13-8-10-5-3-4-6-12(10)20-13/h3-6,9,13H,7-8H2,1-2H3,(H,18,19,21). The average molecular weight is 365 g/mol. The predicted molar refractivity (Wildman–Crippen MR) is 89.2 cm³/mol. The number of hydrogen-bond acceptors (Lipinski definition) is 3. The van der Waals surface area contributed by atoms with E-state index >= 15 is 0 Å². The Morgan fingerprint density at radius 1 is 1.43 bits per heavy atom. The van der Waals surface area contributed by atoms with E-state index in [0.717, 1.165) is 34.6 Å². The van der Waals surface area contributed by atoms with Gasteiger partial charge in [0.05, 0.1) is 4.47 Å². The lowest BCUT2D eigenvalue weighted by Crippen LogP contribution is -2.12. The highest BCUT2D eigenvalue weighted by molar-refractivity contribution is 9.10. The number of H-pyrrole nitrogens is 1. The molecule has 2 heterocycles. The normalized spacial score (nSPS) is 16.9. The van der Waals surface area contributed by atoms with E-state index in [1.54, 1.807) is 0 Å². The van der Waals surface area contributed by atoms with Crippen molar-refractivity contribution in [2.75, 3.05) is 0 Å². The molecule has 21 heavy (non-hydrogen) atoms. The molecule has 1 unspecified atom stereocenters. The summed E-state index contributed by atoms with van der Waals surface area (Å²) in [5, 5.41) is 0. The first-order valence-electron chi connectivity index (χ1n) is 7.07. The van der Waals surface area contributed by atoms with E-state index in [4.69, 9.17) is 17.0 Å². The van der Waals surface area contributed by atoms with Gasteiger partial charge in [0, 0.05) is 12.1 Å². The van der Waals surface area contributed by atoms with Crippen LogP contribution < -0.4 is 4.74 Å². The minimum absolute atomic E-state index is 0.0805. The minimum atomic E-state index is -0.0805. The number of ether oxygens (including phenoxy) is 1. The van der Waals surface area contributed by atoms with Crippen LogP contribution in [0.1, 0.15) is 37.0 Å². The molecule has 1 N–H and O–H groups in total. The van der Waals surface area contributed by atoms with E-state index in [2.05, 4.69) is 45.8 Å². The Morgan fingerprint density at radius 2 is 2.19 bits per heavy atom. The van der Waals surface area contributed by atoms with Crippen molar-refractivity contribution in [3.05, 3.63) is 50.5 Å². The van der Waals surface area contributed by atoms with Crippen molar-refractivity contribution >= 4 is 28.1 Å². The Labute approximate surface area is 137 Å². The van der Waals surface area contributed by atoms with Crippen molar-refractivity contribution in [1.29, 1.82) is 0 Å². The van der Waals surface area contributed by atoms with E-state index in [-0.39, 0.29) is 6.10 Å². The fraction of sp³-hybridized carbons (Fsp3) is 0.375. The summed E-state index contributed by atoms with van der Waals surface area (Å²) < 4.78 is 7.48.